The Morgan fingerprint density at radius 3 is 1.35 bits per heavy atom. The number of hydrogen-bond acceptors (Lipinski definition) is 4. The van der Waals surface area contributed by atoms with Crippen molar-refractivity contribution in [1.29, 1.82) is 0 Å². The van der Waals surface area contributed by atoms with Gasteiger partial charge in [0.05, 0.1) is 0 Å². The molecule has 0 atom stereocenters. The van der Waals surface area contributed by atoms with Crippen molar-refractivity contribution in [2.45, 2.75) is 53.1 Å². The fourth-order valence-electron chi connectivity index (χ4n) is 1.14. The van der Waals surface area contributed by atoms with Crippen molar-refractivity contribution in [3.8, 4) is 0 Å². The van der Waals surface area contributed by atoms with E-state index >= 15 is 0 Å². The summed E-state index contributed by atoms with van der Waals surface area (Å²) >= 11 is 0. The molecule has 103 valence electrons. The third kappa shape index (κ3) is 8.07. The molecule has 0 bridgehead atoms. The van der Waals surface area contributed by atoms with Crippen LogP contribution in [-0.4, -0.2) is 37.9 Å². The Bertz CT molecular complexity index is 157. The lowest BCUT2D eigenvalue weighted by Crippen LogP contribution is -2.52. The quantitative estimate of drug-likeness (QED) is 0.545. The minimum atomic E-state index is -2.88. The van der Waals surface area contributed by atoms with Crippen LogP contribution in [0.25, 0.3) is 0 Å². The van der Waals surface area contributed by atoms with Crippen LogP contribution in [-0.2, 0) is 17.4 Å². The van der Waals surface area contributed by atoms with Gasteiger partial charge in [-0.05, 0) is 32.4 Å². The van der Waals surface area contributed by atoms with Gasteiger partial charge in [0.25, 0.3) is 0 Å². The van der Waals surface area contributed by atoms with E-state index in [1.807, 2.05) is 0 Å². The van der Waals surface area contributed by atoms with Crippen LogP contribution in [0.4, 0.5) is 0 Å². The molecule has 0 spiro atoms. The predicted molar refractivity (Wildman–Crippen MR) is 73.1 cm³/mol. The van der Waals surface area contributed by atoms with Crippen LogP contribution < -0.4 is 0 Å². The van der Waals surface area contributed by atoms with Gasteiger partial charge in [0.2, 0.25) is 0 Å². The van der Waals surface area contributed by atoms with Gasteiger partial charge in [-0.3, -0.25) is 0 Å². The second-order valence-electron chi connectivity index (χ2n) is 4.06. The lowest BCUT2D eigenvalue weighted by molar-refractivity contribution is -0.0000433. The van der Waals surface area contributed by atoms with Crippen LogP contribution >= 0.6 is 0 Å². The van der Waals surface area contributed by atoms with E-state index in [2.05, 4.69) is 33.9 Å². The van der Waals surface area contributed by atoms with Crippen LogP contribution in [0.3, 0.4) is 0 Å². The third-order valence-electron chi connectivity index (χ3n) is 1.78. The Morgan fingerprint density at radius 1 is 0.765 bits per heavy atom. The molecule has 0 aromatic heterocycles. The van der Waals surface area contributed by atoms with Crippen molar-refractivity contribution in [3.63, 3.8) is 0 Å². The van der Waals surface area contributed by atoms with Crippen LogP contribution in [0.15, 0.2) is 0 Å². The van der Waals surface area contributed by atoms with E-state index in [1.165, 1.54) is 0 Å². The lowest BCUT2D eigenvalue weighted by Gasteiger charge is -2.29. The first-order valence-electron chi connectivity index (χ1n) is 6.51. The summed E-state index contributed by atoms with van der Waals surface area (Å²) in [5, 5.41) is 0. The molecule has 0 aliphatic heterocycles. The summed E-state index contributed by atoms with van der Waals surface area (Å²) in [6.07, 6.45) is 2.83. The van der Waals surface area contributed by atoms with Gasteiger partial charge in [-0.2, -0.15) is 0 Å². The maximum absolute atomic E-state index is 5.92. The van der Waals surface area contributed by atoms with Crippen molar-refractivity contribution in [1.82, 2.24) is 0 Å². The monoisotopic (exact) mass is 279 g/mol. The Balaban J connectivity index is 4.51. The van der Waals surface area contributed by atoms with E-state index in [9.17, 15) is 0 Å². The summed E-state index contributed by atoms with van der Waals surface area (Å²) in [7, 11) is -3.77. The van der Waals surface area contributed by atoms with Gasteiger partial charge >= 0.3 is 9.05 Å². The largest absolute Gasteiger partial charge is 0.668 e. The highest BCUT2D eigenvalue weighted by Gasteiger charge is 2.45. The topological polar surface area (TPSA) is 36.9 Å². The van der Waals surface area contributed by atoms with E-state index in [4.69, 9.17) is 17.4 Å². The average molecular weight is 280 g/mol. The maximum atomic E-state index is 5.92. The van der Waals surface area contributed by atoms with Crippen LogP contribution in [0.5, 0.6) is 0 Å². The molecule has 0 amide bonds. The maximum Gasteiger partial charge on any atom is 0.668 e. The molecule has 0 fully saturated rings. The van der Waals surface area contributed by atoms with Gasteiger partial charge in [0.1, 0.15) is 0 Å². The predicted octanol–water partition coefficient (Wildman–Crippen LogP) is 2.97. The van der Waals surface area contributed by atoms with Crippen molar-refractivity contribution < 1.29 is 17.4 Å². The Kier molecular flexibility index (Phi) is 10.4. The molecule has 17 heavy (non-hydrogen) atoms. The van der Waals surface area contributed by atoms with Crippen LogP contribution in [0, 0.1) is 0 Å². The smallest absolute Gasteiger partial charge is 0.394 e. The van der Waals surface area contributed by atoms with Crippen molar-refractivity contribution >= 4 is 18.1 Å². The van der Waals surface area contributed by atoms with Gasteiger partial charge in [-0.1, -0.05) is 20.8 Å². The molecule has 0 aromatic carbocycles. The molecule has 0 heterocycles. The van der Waals surface area contributed by atoms with E-state index < -0.39 is 18.1 Å². The first kappa shape index (κ1) is 17.3. The standard InChI is InChI=1S/C11H27O4Si2/c1-6-9-12-17(13-10-7-2,14-11-8-3)15-16(4)5/h6-11H2,1-5H3. The van der Waals surface area contributed by atoms with Gasteiger partial charge < -0.3 is 17.4 Å². The fraction of sp³-hybridized carbons (Fsp3) is 1.00. The van der Waals surface area contributed by atoms with Gasteiger partial charge in [0, 0.05) is 19.8 Å². The number of rotatable bonds is 11. The van der Waals surface area contributed by atoms with Crippen molar-refractivity contribution in [2.75, 3.05) is 19.8 Å². The van der Waals surface area contributed by atoms with Crippen molar-refractivity contribution in [3.05, 3.63) is 0 Å². The highest BCUT2D eigenvalue weighted by molar-refractivity contribution is 6.65. The second kappa shape index (κ2) is 10.2. The molecule has 0 N–H and O–H groups in total. The zero-order valence-electron chi connectivity index (χ0n) is 11.9. The number of hydrogen-bond donors (Lipinski definition) is 0. The molecule has 1 radical (unpaired) electrons. The van der Waals surface area contributed by atoms with Gasteiger partial charge in [-0.25, -0.2) is 0 Å². The average Bonchev–Trinajstić information content (AvgIpc) is 2.30. The summed E-state index contributed by atoms with van der Waals surface area (Å²) in [4.78, 5) is 0. The SMILES string of the molecule is CCCO[Si](OCCC)(OCCC)O[Si](C)C. The Morgan fingerprint density at radius 2 is 1.12 bits per heavy atom. The fourth-order valence-corrected chi connectivity index (χ4v) is 5.46. The van der Waals surface area contributed by atoms with Crippen LogP contribution in [0.2, 0.25) is 13.1 Å². The second-order valence-corrected chi connectivity index (χ2v) is 8.55. The first-order chi connectivity index (χ1) is 8.10. The molecule has 0 saturated heterocycles. The zero-order chi connectivity index (χ0) is 13.1. The molecular weight excluding hydrogens is 252 g/mol. The summed E-state index contributed by atoms with van der Waals surface area (Å²) in [5.41, 5.74) is 0. The summed E-state index contributed by atoms with van der Waals surface area (Å²) in [5.74, 6) is 0. The first-order valence-corrected chi connectivity index (χ1v) is 10.5. The molecule has 0 unspecified atom stereocenters. The minimum Gasteiger partial charge on any atom is -0.394 e. The Hall–Kier alpha value is 0.274. The summed E-state index contributed by atoms with van der Waals surface area (Å²) in [6.45, 7) is 12.3. The van der Waals surface area contributed by atoms with Crippen LogP contribution in [0.1, 0.15) is 40.0 Å². The van der Waals surface area contributed by atoms with Gasteiger partial charge in [0.15, 0.2) is 9.04 Å². The van der Waals surface area contributed by atoms with E-state index in [0.29, 0.717) is 19.8 Å². The molecule has 0 aliphatic rings. The highest BCUT2D eigenvalue weighted by Crippen LogP contribution is 2.15. The molecule has 0 aromatic rings. The van der Waals surface area contributed by atoms with Gasteiger partial charge in [-0.15, -0.1) is 0 Å². The third-order valence-corrected chi connectivity index (χ3v) is 6.08. The molecule has 0 rings (SSSR count). The molecule has 0 aliphatic carbocycles. The molecule has 0 saturated carbocycles. The van der Waals surface area contributed by atoms with Crippen molar-refractivity contribution in [2.24, 2.45) is 0 Å². The summed E-state index contributed by atoms with van der Waals surface area (Å²) in [6, 6.07) is 0. The summed E-state index contributed by atoms with van der Waals surface area (Å²) < 4.78 is 23.3. The minimum absolute atomic E-state index is 0.634. The zero-order valence-corrected chi connectivity index (χ0v) is 13.9. The highest BCUT2D eigenvalue weighted by atomic mass is 28.4. The van der Waals surface area contributed by atoms with E-state index in [1.54, 1.807) is 0 Å². The molecular formula is C11H27O4Si2. The molecule has 4 nitrogen and oxygen atoms in total. The molecule has 6 heteroatoms. The normalized spacial score (nSPS) is 12.4. The van der Waals surface area contributed by atoms with E-state index in [0.717, 1.165) is 19.3 Å². The lowest BCUT2D eigenvalue weighted by atomic mass is 10.5. The van der Waals surface area contributed by atoms with E-state index in [-0.39, 0.29) is 0 Å². The Labute approximate surface area is 109 Å².